The molecule has 1 N–H and O–H groups in total. The summed E-state index contributed by atoms with van der Waals surface area (Å²) in [6.07, 6.45) is 5.61. The van der Waals surface area contributed by atoms with Crippen molar-refractivity contribution in [2.45, 2.75) is 18.5 Å². The molecular formula is C17H17N. The normalized spacial score (nSPS) is 22.9. The molecule has 1 heteroatoms. The maximum absolute atomic E-state index is 3.70. The molecule has 1 nitrogen and oxygen atoms in total. The molecule has 0 unspecified atom stereocenters. The molecule has 18 heavy (non-hydrogen) atoms. The van der Waals surface area contributed by atoms with E-state index in [0.29, 0.717) is 12.1 Å². The topological polar surface area (TPSA) is 12.0 Å². The van der Waals surface area contributed by atoms with Crippen LogP contribution in [0, 0.1) is 0 Å². The molecule has 0 aromatic heterocycles. The lowest BCUT2D eigenvalue weighted by atomic mass is 9.95. The molecule has 1 aliphatic heterocycles. The molecule has 3 rings (SSSR count). The van der Waals surface area contributed by atoms with Crippen molar-refractivity contribution < 1.29 is 0 Å². The minimum Gasteiger partial charge on any atom is -0.300 e. The monoisotopic (exact) mass is 235 g/mol. The predicted molar refractivity (Wildman–Crippen MR) is 75.3 cm³/mol. The summed E-state index contributed by atoms with van der Waals surface area (Å²) in [6, 6.07) is 22.0. The first-order chi connectivity index (χ1) is 8.93. The molecule has 0 radical (unpaired) electrons. The third-order valence-corrected chi connectivity index (χ3v) is 3.44. The highest BCUT2D eigenvalue weighted by atomic mass is 15.0. The van der Waals surface area contributed by atoms with Gasteiger partial charge in [0.05, 0.1) is 6.04 Å². The van der Waals surface area contributed by atoms with Crippen LogP contribution in [0.5, 0.6) is 0 Å². The smallest absolute Gasteiger partial charge is 0.0511 e. The van der Waals surface area contributed by atoms with Crippen molar-refractivity contribution in [1.29, 1.82) is 0 Å². The fraction of sp³-hybridized carbons (Fsp3) is 0.176. The Labute approximate surface area is 108 Å². The Morgan fingerprint density at radius 2 is 1.39 bits per heavy atom. The lowest BCUT2D eigenvalue weighted by molar-refractivity contribution is 0.476. The van der Waals surface area contributed by atoms with Gasteiger partial charge in [-0.3, -0.25) is 5.32 Å². The highest BCUT2D eigenvalue weighted by molar-refractivity contribution is 5.28. The Kier molecular flexibility index (Phi) is 3.24. The molecular weight excluding hydrogens is 218 g/mol. The number of hydrogen-bond donors (Lipinski definition) is 1. The van der Waals surface area contributed by atoms with Crippen molar-refractivity contribution in [3.8, 4) is 0 Å². The van der Waals surface area contributed by atoms with Crippen LogP contribution in [-0.4, -0.2) is 0 Å². The van der Waals surface area contributed by atoms with E-state index in [2.05, 4.69) is 78.1 Å². The Hall–Kier alpha value is -1.86. The SMILES string of the molecule is C1=C[C@@H](c2ccccc2)N[C@H](c2ccccc2)C1. The van der Waals surface area contributed by atoms with Gasteiger partial charge in [0.1, 0.15) is 0 Å². The Morgan fingerprint density at radius 1 is 0.778 bits per heavy atom. The molecule has 0 aliphatic carbocycles. The molecule has 0 saturated carbocycles. The minimum atomic E-state index is 0.324. The maximum Gasteiger partial charge on any atom is 0.0511 e. The maximum atomic E-state index is 3.70. The van der Waals surface area contributed by atoms with Gasteiger partial charge >= 0.3 is 0 Å². The molecule has 0 amide bonds. The van der Waals surface area contributed by atoms with Crippen LogP contribution < -0.4 is 5.32 Å². The summed E-state index contributed by atoms with van der Waals surface area (Å²) in [5.41, 5.74) is 2.69. The van der Waals surface area contributed by atoms with E-state index in [4.69, 9.17) is 0 Å². The summed E-state index contributed by atoms with van der Waals surface area (Å²) in [7, 11) is 0. The molecule has 0 saturated heterocycles. The third-order valence-electron chi connectivity index (χ3n) is 3.44. The quantitative estimate of drug-likeness (QED) is 0.775. The highest BCUT2D eigenvalue weighted by Gasteiger charge is 2.18. The highest BCUT2D eigenvalue weighted by Crippen LogP contribution is 2.27. The van der Waals surface area contributed by atoms with Crippen molar-refractivity contribution in [2.24, 2.45) is 0 Å². The molecule has 2 aromatic rings. The van der Waals surface area contributed by atoms with Crippen LogP contribution in [-0.2, 0) is 0 Å². The van der Waals surface area contributed by atoms with Crippen LogP contribution in [0.3, 0.4) is 0 Å². The van der Waals surface area contributed by atoms with Gasteiger partial charge in [0, 0.05) is 6.04 Å². The first kappa shape index (κ1) is 11.2. The molecule has 1 aliphatic rings. The van der Waals surface area contributed by atoms with Gasteiger partial charge < -0.3 is 0 Å². The molecule has 90 valence electrons. The predicted octanol–water partition coefficient (Wildman–Crippen LogP) is 4.02. The van der Waals surface area contributed by atoms with E-state index in [1.54, 1.807) is 0 Å². The van der Waals surface area contributed by atoms with Gasteiger partial charge in [-0.1, -0.05) is 72.8 Å². The second-order valence-corrected chi connectivity index (χ2v) is 4.68. The second kappa shape index (κ2) is 5.19. The zero-order valence-corrected chi connectivity index (χ0v) is 10.3. The number of rotatable bonds is 2. The fourth-order valence-corrected chi connectivity index (χ4v) is 2.48. The summed E-state index contributed by atoms with van der Waals surface area (Å²) in [5.74, 6) is 0. The van der Waals surface area contributed by atoms with E-state index in [1.807, 2.05) is 0 Å². The average molecular weight is 235 g/mol. The van der Waals surface area contributed by atoms with Crippen molar-refractivity contribution >= 4 is 0 Å². The van der Waals surface area contributed by atoms with Crippen molar-refractivity contribution in [1.82, 2.24) is 5.32 Å². The van der Waals surface area contributed by atoms with E-state index in [9.17, 15) is 0 Å². The van der Waals surface area contributed by atoms with Gasteiger partial charge in [0.25, 0.3) is 0 Å². The van der Waals surface area contributed by atoms with E-state index >= 15 is 0 Å². The molecule has 0 bridgehead atoms. The van der Waals surface area contributed by atoms with Gasteiger partial charge in [-0.05, 0) is 17.5 Å². The van der Waals surface area contributed by atoms with E-state index in [0.717, 1.165) is 6.42 Å². The van der Waals surface area contributed by atoms with Crippen LogP contribution in [0.15, 0.2) is 72.8 Å². The van der Waals surface area contributed by atoms with Crippen molar-refractivity contribution in [3.63, 3.8) is 0 Å². The summed E-state index contributed by atoms with van der Waals surface area (Å²) in [6.45, 7) is 0. The van der Waals surface area contributed by atoms with Gasteiger partial charge in [0.15, 0.2) is 0 Å². The fourth-order valence-electron chi connectivity index (χ4n) is 2.48. The number of hydrogen-bond acceptors (Lipinski definition) is 1. The van der Waals surface area contributed by atoms with Crippen molar-refractivity contribution in [2.75, 3.05) is 0 Å². The van der Waals surface area contributed by atoms with E-state index < -0.39 is 0 Å². The minimum absolute atomic E-state index is 0.324. The summed E-state index contributed by atoms with van der Waals surface area (Å²) in [5, 5.41) is 3.70. The Balaban J connectivity index is 1.81. The Morgan fingerprint density at radius 3 is 2.06 bits per heavy atom. The number of benzene rings is 2. The van der Waals surface area contributed by atoms with Gasteiger partial charge in [-0.15, -0.1) is 0 Å². The lowest BCUT2D eigenvalue weighted by Gasteiger charge is -2.27. The number of nitrogens with one attached hydrogen (secondary N) is 1. The van der Waals surface area contributed by atoms with Crippen LogP contribution in [0.1, 0.15) is 29.6 Å². The molecule has 0 fully saturated rings. The third kappa shape index (κ3) is 2.36. The van der Waals surface area contributed by atoms with Crippen LogP contribution in [0.25, 0.3) is 0 Å². The van der Waals surface area contributed by atoms with Gasteiger partial charge in [0.2, 0.25) is 0 Å². The van der Waals surface area contributed by atoms with Crippen LogP contribution >= 0.6 is 0 Å². The summed E-state index contributed by atoms with van der Waals surface area (Å²) < 4.78 is 0. The standard InChI is InChI=1S/C17H17N/c1-3-8-14(9-4-1)16-12-7-13-17(18-16)15-10-5-2-6-11-15/h1-12,16-18H,13H2/t16-,17-/m0/s1. The largest absolute Gasteiger partial charge is 0.300 e. The second-order valence-electron chi connectivity index (χ2n) is 4.68. The van der Waals surface area contributed by atoms with E-state index in [1.165, 1.54) is 11.1 Å². The average Bonchev–Trinajstić information content (AvgIpc) is 2.49. The molecule has 2 aromatic carbocycles. The molecule has 1 heterocycles. The first-order valence-corrected chi connectivity index (χ1v) is 6.46. The molecule has 2 atom stereocenters. The van der Waals surface area contributed by atoms with Gasteiger partial charge in [-0.25, -0.2) is 0 Å². The summed E-state index contributed by atoms with van der Waals surface area (Å²) in [4.78, 5) is 0. The zero-order chi connectivity index (χ0) is 12.2. The Bertz CT molecular complexity index is 516. The summed E-state index contributed by atoms with van der Waals surface area (Å²) >= 11 is 0. The molecule has 0 spiro atoms. The van der Waals surface area contributed by atoms with Crippen LogP contribution in [0.2, 0.25) is 0 Å². The first-order valence-electron chi connectivity index (χ1n) is 6.46. The lowest BCUT2D eigenvalue weighted by Crippen LogP contribution is -2.27. The van der Waals surface area contributed by atoms with Gasteiger partial charge in [-0.2, -0.15) is 0 Å². The van der Waals surface area contributed by atoms with Crippen LogP contribution in [0.4, 0.5) is 0 Å². The zero-order valence-electron chi connectivity index (χ0n) is 10.3. The van der Waals surface area contributed by atoms with Crippen molar-refractivity contribution in [3.05, 3.63) is 83.9 Å². The van der Waals surface area contributed by atoms with E-state index in [-0.39, 0.29) is 0 Å².